The van der Waals surface area contributed by atoms with Crippen molar-refractivity contribution in [2.45, 2.75) is 6.42 Å². The Morgan fingerprint density at radius 1 is 1.00 bits per heavy atom. The van der Waals surface area contributed by atoms with E-state index in [9.17, 15) is 9.59 Å². The van der Waals surface area contributed by atoms with Crippen LogP contribution in [-0.2, 0) is 9.59 Å². The molecule has 2 aliphatic heterocycles. The summed E-state index contributed by atoms with van der Waals surface area (Å²) in [5.41, 5.74) is 0.821. The molecule has 10 heteroatoms. The average molecular weight is 496 g/mol. The number of halogens is 1. The van der Waals surface area contributed by atoms with Gasteiger partial charge in [0.15, 0.2) is 11.6 Å². The zero-order chi connectivity index (χ0) is 22.1. The van der Waals surface area contributed by atoms with Gasteiger partial charge in [0.25, 0.3) is 0 Å². The predicted molar refractivity (Wildman–Crippen MR) is 123 cm³/mol. The van der Waals surface area contributed by atoms with Crippen molar-refractivity contribution in [3.8, 4) is 5.82 Å². The number of piperazine rings is 1. The van der Waals surface area contributed by atoms with Crippen molar-refractivity contribution in [1.29, 1.82) is 0 Å². The second kappa shape index (κ2) is 8.70. The quantitative estimate of drug-likeness (QED) is 0.550. The zero-order valence-corrected chi connectivity index (χ0v) is 18.9. The van der Waals surface area contributed by atoms with Crippen LogP contribution in [0.15, 0.2) is 59.3 Å². The number of carbonyl (C=O) groups excluding carboxylic acids is 2. The van der Waals surface area contributed by atoms with Crippen LogP contribution in [0.2, 0.25) is 0 Å². The molecule has 164 valence electrons. The number of carbonyl (C=O) groups is 2. The topological polar surface area (TPSA) is 87.5 Å². The van der Waals surface area contributed by atoms with Gasteiger partial charge in [-0.2, -0.15) is 5.10 Å². The minimum absolute atomic E-state index is 0.00682. The van der Waals surface area contributed by atoms with E-state index in [-0.39, 0.29) is 24.2 Å². The highest BCUT2D eigenvalue weighted by atomic mass is 79.9. The van der Waals surface area contributed by atoms with Crippen LogP contribution in [-0.4, -0.2) is 69.4 Å². The second-order valence-electron chi connectivity index (χ2n) is 7.90. The maximum absolute atomic E-state index is 13.1. The van der Waals surface area contributed by atoms with Gasteiger partial charge >= 0.3 is 0 Å². The van der Waals surface area contributed by atoms with E-state index in [1.54, 1.807) is 15.8 Å². The highest BCUT2D eigenvalue weighted by Gasteiger charge is 2.38. The van der Waals surface area contributed by atoms with Crippen LogP contribution < -0.4 is 9.80 Å². The Kier molecular flexibility index (Phi) is 5.60. The van der Waals surface area contributed by atoms with E-state index >= 15 is 0 Å². The van der Waals surface area contributed by atoms with Gasteiger partial charge in [0.1, 0.15) is 0 Å². The lowest BCUT2D eigenvalue weighted by Crippen LogP contribution is -2.51. The molecule has 2 fully saturated rings. The number of rotatable bonds is 4. The number of nitrogens with zero attached hydrogens (tertiary/aromatic N) is 7. The number of hydrogen-bond acceptors (Lipinski definition) is 6. The molecule has 0 N–H and O–H groups in total. The first-order valence-corrected chi connectivity index (χ1v) is 11.3. The SMILES string of the molecule is O=C(C1CC(=O)N(c2cccc(Br)c2)C1)N1CCN(c2ccc(-n3cccn3)nn2)CC1. The lowest BCUT2D eigenvalue weighted by atomic mass is 10.1. The molecule has 2 amide bonds. The van der Waals surface area contributed by atoms with E-state index in [0.29, 0.717) is 38.5 Å². The van der Waals surface area contributed by atoms with Crippen LogP contribution in [0.4, 0.5) is 11.5 Å². The third-order valence-electron chi connectivity index (χ3n) is 5.89. The minimum atomic E-state index is -0.304. The second-order valence-corrected chi connectivity index (χ2v) is 8.81. The molecule has 2 aromatic heterocycles. The molecule has 0 radical (unpaired) electrons. The largest absolute Gasteiger partial charge is 0.352 e. The van der Waals surface area contributed by atoms with Crippen molar-refractivity contribution >= 4 is 39.2 Å². The number of hydrogen-bond donors (Lipinski definition) is 0. The van der Waals surface area contributed by atoms with E-state index in [1.165, 1.54) is 0 Å². The molecule has 32 heavy (non-hydrogen) atoms. The van der Waals surface area contributed by atoms with Crippen LogP contribution in [0.5, 0.6) is 0 Å². The lowest BCUT2D eigenvalue weighted by molar-refractivity contribution is -0.136. The highest BCUT2D eigenvalue weighted by Crippen LogP contribution is 2.28. The summed E-state index contributed by atoms with van der Waals surface area (Å²) in [7, 11) is 0. The molecule has 4 heterocycles. The van der Waals surface area contributed by atoms with Crippen LogP contribution in [0.25, 0.3) is 5.82 Å². The summed E-state index contributed by atoms with van der Waals surface area (Å²) < 4.78 is 2.57. The average Bonchev–Trinajstić information content (AvgIpc) is 3.49. The van der Waals surface area contributed by atoms with Gasteiger partial charge in [-0.1, -0.05) is 22.0 Å². The first kappa shape index (κ1) is 20.6. The molecule has 1 unspecified atom stereocenters. The van der Waals surface area contributed by atoms with Gasteiger partial charge in [-0.05, 0) is 36.4 Å². The predicted octanol–water partition coefficient (Wildman–Crippen LogP) is 2.13. The van der Waals surface area contributed by atoms with Gasteiger partial charge in [0.2, 0.25) is 11.8 Å². The van der Waals surface area contributed by atoms with Gasteiger partial charge in [-0.3, -0.25) is 9.59 Å². The Morgan fingerprint density at radius 2 is 1.78 bits per heavy atom. The van der Waals surface area contributed by atoms with E-state index in [4.69, 9.17) is 0 Å². The lowest BCUT2D eigenvalue weighted by Gasteiger charge is -2.36. The molecule has 2 aliphatic rings. The number of anilines is 2. The van der Waals surface area contributed by atoms with Crippen LogP contribution >= 0.6 is 15.9 Å². The molecule has 9 nitrogen and oxygen atoms in total. The summed E-state index contributed by atoms with van der Waals surface area (Å²) in [5.74, 6) is 1.18. The standard InChI is InChI=1S/C22H22BrN7O2/c23-17-3-1-4-18(14-17)29-15-16(13-21(29)31)22(32)28-11-9-27(10-12-28)19-5-6-20(26-25-19)30-8-2-7-24-30/h1-8,14,16H,9-13,15H2. The Labute approximate surface area is 193 Å². The molecule has 2 saturated heterocycles. The van der Waals surface area contributed by atoms with Crippen molar-refractivity contribution in [2.24, 2.45) is 5.92 Å². The third kappa shape index (κ3) is 4.10. The van der Waals surface area contributed by atoms with Crippen LogP contribution in [0.1, 0.15) is 6.42 Å². The molecule has 1 atom stereocenters. The minimum Gasteiger partial charge on any atom is -0.352 e. The number of amides is 2. The maximum atomic E-state index is 13.1. The first-order valence-electron chi connectivity index (χ1n) is 10.5. The molecule has 3 aromatic rings. The third-order valence-corrected chi connectivity index (χ3v) is 6.38. The summed E-state index contributed by atoms with van der Waals surface area (Å²) in [4.78, 5) is 31.3. The smallest absolute Gasteiger partial charge is 0.228 e. The van der Waals surface area contributed by atoms with Crippen molar-refractivity contribution in [3.05, 3.63) is 59.3 Å². The highest BCUT2D eigenvalue weighted by molar-refractivity contribution is 9.10. The first-order chi connectivity index (χ1) is 15.6. The fourth-order valence-electron chi connectivity index (χ4n) is 4.19. The van der Waals surface area contributed by atoms with Gasteiger partial charge in [0, 0.05) is 61.7 Å². The molecular formula is C22H22BrN7O2. The molecule has 0 saturated carbocycles. The molecule has 0 bridgehead atoms. The summed E-state index contributed by atoms with van der Waals surface area (Å²) in [6.07, 6.45) is 3.77. The molecular weight excluding hydrogens is 474 g/mol. The fourth-order valence-corrected chi connectivity index (χ4v) is 4.58. The normalized spacial score (nSPS) is 19.0. The van der Waals surface area contributed by atoms with Crippen molar-refractivity contribution < 1.29 is 9.59 Å². The Hall–Kier alpha value is -3.27. The maximum Gasteiger partial charge on any atom is 0.228 e. The van der Waals surface area contributed by atoms with E-state index in [0.717, 1.165) is 16.0 Å². The Morgan fingerprint density at radius 3 is 2.47 bits per heavy atom. The van der Waals surface area contributed by atoms with Gasteiger partial charge in [0.05, 0.1) is 5.92 Å². The monoisotopic (exact) mass is 495 g/mol. The van der Waals surface area contributed by atoms with Crippen molar-refractivity contribution in [1.82, 2.24) is 24.9 Å². The van der Waals surface area contributed by atoms with Gasteiger partial charge in [-0.15, -0.1) is 10.2 Å². The zero-order valence-electron chi connectivity index (χ0n) is 17.3. The van der Waals surface area contributed by atoms with Gasteiger partial charge < -0.3 is 14.7 Å². The number of benzene rings is 1. The summed E-state index contributed by atoms with van der Waals surface area (Å²) >= 11 is 3.44. The fraction of sp³-hybridized carbons (Fsp3) is 0.318. The molecule has 0 aliphatic carbocycles. The van der Waals surface area contributed by atoms with E-state index in [1.807, 2.05) is 53.6 Å². The van der Waals surface area contributed by atoms with Crippen molar-refractivity contribution in [2.75, 3.05) is 42.5 Å². The molecule has 1 aromatic carbocycles. The van der Waals surface area contributed by atoms with Crippen LogP contribution in [0.3, 0.4) is 0 Å². The van der Waals surface area contributed by atoms with Crippen molar-refractivity contribution in [3.63, 3.8) is 0 Å². The molecule has 0 spiro atoms. The van der Waals surface area contributed by atoms with E-state index < -0.39 is 0 Å². The summed E-state index contributed by atoms with van der Waals surface area (Å²) in [5, 5.41) is 12.7. The Bertz CT molecular complexity index is 1110. The van der Waals surface area contributed by atoms with Crippen LogP contribution in [0, 0.1) is 5.92 Å². The summed E-state index contributed by atoms with van der Waals surface area (Å²) in [6.45, 7) is 2.98. The number of aromatic nitrogens is 4. The summed E-state index contributed by atoms with van der Waals surface area (Å²) in [6, 6.07) is 13.3. The van der Waals surface area contributed by atoms with E-state index in [2.05, 4.69) is 36.1 Å². The van der Waals surface area contributed by atoms with Gasteiger partial charge in [-0.25, -0.2) is 4.68 Å². The Balaban J connectivity index is 1.18. The molecule has 5 rings (SSSR count).